The van der Waals surface area contributed by atoms with Crippen LogP contribution in [0.1, 0.15) is 36.9 Å². The number of ether oxygens (including phenoxy) is 1. The first kappa shape index (κ1) is 23.6. The van der Waals surface area contributed by atoms with E-state index in [-0.39, 0.29) is 16.5 Å². The molecular formula is C27H22FN3O4S. The molecule has 0 bridgehead atoms. The summed E-state index contributed by atoms with van der Waals surface area (Å²) in [6.07, 6.45) is 4.96. The number of aromatic nitrogens is 2. The maximum atomic E-state index is 13.8. The fraction of sp³-hybridized carbons (Fsp3) is 0.185. The number of aliphatic hydroxyl groups is 1. The van der Waals surface area contributed by atoms with Crippen LogP contribution in [0.2, 0.25) is 0 Å². The van der Waals surface area contributed by atoms with Crippen molar-refractivity contribution < 1.29 is 23.8 Å². The zero-order valence-corrected chi connectivity index (χ0v) is 20.2. The normalized spacial score (nSPS) is 17.2. The number of pyridine rings is 1. The van der Waals surface area contributed by atoms with Gasteiger partial charge in [-0.05, 0) is 54.4 Å². The van der Waals surface area contributed by atoms with Crippen LogP contribution in [-0.4, -0.2) is 33.4 Å². The van der Waals surface area contributed by atoms with Gasteiger partial charge in [-0.25, -0.2) is 9.37 Å². The van der Waals surface area contributed by atoms with Crippen LogP contribution in [-0.2, 0) is 9.59 Å². The topological polar surface area (TPSA) is 92.6 Å². The molecule has 2 aromatic heterocycles. The number of aliphatic hydroxyl groups excluding tert-OH is 1. The van der Waals surface area contributed by atoms with Crippen molar-refractivity contribution in [1.29, 1.82) is 0 Å². The lowest BCUT2D eigenvalue weighted by atomic mass is 9.96. The van der Waals surface area contributed by atoms with E-state index in [0.717, 1.165) is 24.2 Å². The van der Waals surface area contributed by atoms with E-state index in [1.165, 1.54) is 23.1 Å². The number of carbonyl (C=O) groups is 2. The molecule has 1 aliphatic rings. The van der Waals surface area contributed by atoms with Crippen molar-refractivity contribution >= 4 is 44.1 Å². The molecule has 1 fully saturated rings. The molecule has 1 unspecified atom stereocenters. The number of benzene rings is 2. The first-order valence-corrected chi connectivity index (χ1v) is 12.3. The Morgan fingerprint density at radius 2 is 1.94 bits per heavy atom. The number of hydrogen-bond donors (Lipinski definition) is 1. The van der Waals surface area contributed by atoms with Crippen molar-refractivity contribution in [1.82, 2.24) is 9.97 Å². The molecule has 0 spiro atoms. The SMILES string of the molecule is CCCCOc1cccc(C(O)=C2C(=O)C(=O)N(c3nc4ccc(F)cc4s3)C2c2ccncc2)c1. The molecule has 5 rings (SSSR count). The number of rotatable bonds is 7. The van der Waals surface area contributed by atoms with Gasteiger partial charge in [0.25, 0.3) is 5.78 Å². The molecule has 0 radical (unpaired) electrons. The van der Waals surface area contributed by atoms with Crippen LogP contribution in [0.5, 0.6) is 5.75 Å². The fourth-order valence-electron chi connectivity index (χ4n) is 4.10. The molecule has 1 aliphatic heterocycles. The van der Waals surface area contributed by atoms with Gasteiger partial charge in [-0.3, -0.25) is 19.5 Å². The van der Waals surface area contributed by atoms with E-state index in [0.29, 0.717) is 33.7 Å². The van der Waals surface area contributed by atoms with Gasteiger partial charge in [-0.15, -0.1) is 0 Å². The van der Waals surface area contributed by atoms with Gasteiger partial charge in [0.15, 0.2) is 5.13 Å². The molecule has 3 heterocycles. The van der Waals surface area contributed by atoms with Crippen LogP contribution in [0.15, 0.2) is 72.6 Å². The number of unbranched alkanes of at least 4 members (excludes halogenated alkanes) is 1. The van der Waals surface area contributed by atoms with Gasteiger partial charge in [0.1, 0.15) is 17.3 Å². The second kappa shape index (κ2) is 9.87. The average molecular weight is 504 g/mol. The van der Waals surface area contributed by atoms with E-state index in [9.17, 15) is 19.1 Å². The number of carbonyl (C=O) groups excluding carboxylic acids is 2. The number of ketones is 1. The molecule has 0 saturated carbocycles. The minimum atomic E-state index is -0.942. The molecule has 0 aliphatic carbocycles. The van der Waals surface area contributed by atoms with Gasteiger partial charge < -0.3 is 9.84 Å². The fourth-order valence-corrected chi connectivity index (χ4v) is 5.12. The predicted molar refractivity (Wildman–Crippen MR) is 135 cm³/mol. The first-order valence-electron chi connectivity index (χ1n) is 11.5. The molecule has 36 heavy (non-hydrogen) atoms. The summed E-state index contributed by atoms with van der Waals surface area (Å²) < 4.78 is 20.1. The third-order valence-corrected chi connectivity index (χ3v) is 6.90. The van der Waals surface area contributed by atoms with Crippen LogP contribution in [0.25, 0.3) is 16.0 Å². The number of amides is 1. The van der Waals surface area contributed by atoms with E-state index in [2.05, 4.69) is 16.9 Å². The predicted octanol–water partition coefficient (Wildman–Crippen LogP) is 5.64. The Bertz CT molecular complexity index is 1480. The minimum absolute atomic E-state index is 0.0673. The second-order valence-corrected chi connectivity index (χ2v) is 9.30. The monoisotopic (exact) mass is 503 g/mol. The van der Waals surface area contributed by atoms with Crippen LogP contribution >= 0.6 is 11.3 Å². The molecule has 9 heteroatoms. The summed E-state index contributed by atoms with van der Waals surface area (Å²) in [4.78, 5) is 36.4. The lowest BCUT2D eigenvalue weighted by molar-refractivity contribution is -0.132. The maximum absolute atomic E-state index is 13.8. The summed E-state index contributed by atoms with van der Waals surface area (Å²) in [6.45, 7) is 2.59. The summed E-state index contributed by atoms with van der Waals surface area (Å²) >= 11 is 1.10. The zero-order chi connectivity index (χ0) is 25.2. The molecule has 182 valence electrons. The van der Waals surface area contributed by atoms with E-state index in [4.69, 9.17) is 4.74 Å². The number of hydrogen-bond acceptors (Lipinski definition) is 7. The summed E-state index contributed by atoms with van der Waals surface area (Å²) in [5.74, 6) is -1.85. The lowest BCUT2D eigenvalue weighted by Gasteiger charge is -2.22. The van der Waals surface area contributed by atoms with Crippen molar-refractivity contribution in [2.24, 2.45) is 0 Å². The van der Waals surface area contributed by atoms with Crippen LogP contribution in [0.4, 0.5) is 9.52 Å². The highest BCUT2D eigenvalue weighted by Crippen LogP contribution is 2.44. The Balaban J connectivity index is 1.63. The highest BCUT2D eigenvalue weighted by atomic mass is 32.1. The van der Waals surface area contributed by atoms with Gasteiger partial charge in [0.2, 0.25) is 0 Å². The lowest BCUT2D eigenvalue weighted by Crippen LogP contribution is -2.29. The third kappa shape index (κ3) is 4.33. The summed E-state index contributed by atoms with van der Waals surface area (Å²) in [5, 5.41) is 11.6. The highest BCUT2D eigenvalue weighted by Gasteiger charge is 2.48. The number of halogens is 1. The zero-order valence-electron chi connectivity index (χ0n) is 19.3. The van der Waals surface area contributed by atoms with E-state index < -0.39 is 23.5 Å². The standard InChI is InChI=1S/C27H22FN3O4S/c1-2-3-13-35-19-6-4-5-17(14-19)24(32)22-23(16-9-11-29-12-10-16)31(26(34)25(22)33)27-30-20-8-7-18(28)15-21(20)36-27/h4-12,14-15,23,32H,2-3,13H2,1H3. The van der Waals surface area contributed by atoms with Gasteiger partial charge in [0, 0.05) is 18.0 Å². The van der Waals surface area contributed by atoms with E-state index in [1.54, 1.807) is 48.8 Å². The van der Waals surface area contributed by atoms with Gasteiger partial charge >= 0.3 is 5.91 Å². The van der Waals surface area contributed by atoms with Crippen molar-refractivity contribution in [3.05, 3.63) is 89.5 Å². The van der Waals surface area contributed by atoms with Crippen LogP contribution in [0, 0.1) is 5.82 Å². The average Bonchev–Trinajstić information content (AvgIpc) is 3.42. The number of anilines is 1. The highest BCUT2D eigenvalue weighted by molar-refractivity contribution is 7.22. The third-order valence-electron chi connectivity index (χ3n) is 5.89. The van der Waals surface area contributed by atoms with Gasteiger partial charge in [-0.1, -0.05) is 36.8 Å². The second-order valence-electron chi connectivity index (χ2n) is 8.29. The van der Waals surface area contributed by atoms with Crippen molar-refractivity contribution in [3.63, 3.8) is 0 Å². The van der Waals surface area contributed by atoms with E-state index >= 15 is 0 Å². The van der Waals surface area contributed by atoms with Crippen LogP contribution in [0.3, 0.4) is 0 Å². The van der Waals surface area contributed by atoms with Crippen LogP contribution < -0.4 is 9.64 Å². The molecular weight excluding hydrogens is 481 g/mol. The van der Waals surface area contributed by atoms with Crippen molar-refractivity contribution in [2.75, 3.05) is 11.5 Å². The molecule has 1 N–H and O–H groups in total. The Morgan fingerprint density at radius 1 is 1.14 bits per heavy atom. The number of thiazole rings is 1. The molecule has 7 nitrogen and oxygen atoms in total. The Kier molecular flexibility index (Phi) is 6.47. The molecule has 2 aromatic carbocycles. The smallest absolute Gasteiger partial charge is 0.301 e. The molecule has 4 aromatic rings. The number of fused-ring (bicyclic) bond motifs is 1. The molecule has 1 saturated heterocycles. The summed E-state index contributed by atoms with van der Waals surface area (Å²) in [5.41, 5.74) is 1.37. The van der Waals surface area contributed by atoms with Crippen molar-refractivity contribution in [3.8, 4) is 5.75 Å². The Morgan fingerprint density at radius 3 is 2.72 bits per heavy atom. The Labute approximate surface area is 210 Å². The summed E-state index contributed by atoms with van der Waals surface area (Å²) in [7, 11) is 0. The number of Topliss-reactive ketones (excluding diaryl/α,β-unsaturated/α-hetero) is 1. The van der Waals surface area contributed by atoms with Gasteiger partial charge in [-0.2, -0.15) is 0 Å². The largest absolute Gasteiger partial charge is 0.507 e. The first-order chi connectivity index (χ1) is 17.5. The maximum Gasteiger partial charge on any atom is 0.301 e. The summed E-state index contributed by atoms with van der Waals surface area (Å²) in [6, 6.07) is 13.3. The Hall–Kier alpha value is -4.11. The number of nitrogens with zero attached hydrogens (tertiary/aromatic N) is 3. The van der Waals surface area contributed by atoms with Gasteiger partial charge in [0.05, 0.1) is 28.4 Å². The van der Waals surface area contributed by atoms with Crippen molar-refractivity contribution in [2.45, 2.75) is 25.8 Å². The minimum Gasteiger partial charge on any atom is -0.507 e. The quantitative estimate of drug-likeness (QED) is 0.152. The van der Waals surface area contributed by atoms with E-state index in [1.807, 2.05) is 0 Å². The molecule has 1 atom stereocenters. The molecule has 1 amide bonds.